The number of benzene rings is 1. The number of hydrogen-bond acceptors (Lipinski definition) is 3. The van der Waals surface area contributed by atoms with Crippen molar-refractivity contribution in [3.05, 3.63) is 40.0 Å². The van der Waals surface area contributed by atoms with Crippen LogP contribution in [0.1, 0.15) is 18.7 Å². The first-order valence-electron chi connectivity index (χ1n) is 5.86. The number of thiazole rings is 1. The summed E-state index contributed by atoms with van der Waals surface area (Å²) < 4.78 is 2.10. The molecule has 0 aliphatic heterocycles. The van der Waals surface area contributed by atoms with Crippen molar-refractivity contribution in [3.8, 4) is 11.3 Å². The summed E-state index contributed by atoms with van der Waals surface area (Å²) in [7, 11) is 2.03. The van der Waals surface area contributed by atoms with Crippen molar-refractivity contribution in [1.29, 1.82) is 0 Å². The molecule has 0 amide bonds. The van der Waals surface area contributed by atoms with E-state index in [1.807, 2.05) is 27.0 Å². The molecule has 0 N–H and O–H groups in total. The smallest absolute Gasteiger partial charge is 0.211 e. The molecule has 0 spiro atoms. The number of nitrogens with zero attached hydrogens (tertiary/aromatic N) is 3. The van der Waals surface area contributed by atoms with Crippen molar-refractivity contribution in [1.82, 2.24) is 4.57 Å². The largest absolute Gasteiger partial charge is 0.318 e. The zero-order chi connectivity index (χ0) is 13.1. The standard InChI is InChI=1S/C14H17N3S/c1-10(2)15-16-14-17(4)13(11(3)18-14)12-8-6-5-7-9-12/h5-9H,1-4H3/b16-14-. The van der Waals surface area contributed by atoms with Crippen molar-refractivity contribution >= 4 is 17.0 Å². The quantitative estimate of drug-likeness (QED) is 0.585. The van der Waals surface area contributed by atoms with E-state index in [-0.39, 0.29) is 0 Å². The molecule has 1 heterocycles. The maximum atomic E-state index is 4.28. The number of aryl methyl sites for hydroxylation is 1. The van der Waals surface area contributed by atoms with E-state index in [1.54, 1.807) is 11.3 Å². The van der Waals surface area contributed by atoms with Gasteiger partial charge in [0.15, 0.2) is 0 Å². The zero-order valence-electron chi connectivity index (χ0n) is 11.1. The minimum Gasteiger partial charge on any atom is -0.318 e. The van der Waals surface area contributed by atoms with E-state index >= 15 is 0 Å². The molecule has 2 rings (SSSR count). The highest BCUT2D eigenvalue weighted by atomic mass is 32.1. The highest BCUT2D eigenvalue weighted by molar-refractivity contribution is 7.09. The highest BCUT2D eigenvalue weighted by Crippen LogP contribution is 2.23. The van der Waals surface area contributed by atoms with Crippen molar-refractivity contribution in [3.63, 3.8) is 0 Å². The molecule has 0 saturated heterocycles. The van der Waals surface area contributed by atoms with Gasteiger partial charge in [-0.25, -0.2) is 0 Å². The van der Waals surface area contributed by atoms with Crippen molar-refractivity contribution in [2.45, 2.75) is 20.8 Å². The summed E-state index contributed by atoms with van der Waals surface area (Å²) in [6.45, 7) is 6.01. The van der Waals surface area contributed by atoms with E-state index in [2.05, 4.69) is 46.0 Å². The Morgan fingerprint density at radius 2 is 1.83 bits per heavy atom. The maximum Gasteiger partial charge on any atom is 0.211 e. The van der Waals surface area contributed by atoms with Gasteiger partial charge in [-0.1, -0.05) is 41.7 Å². The normalized spacial score (nSPS) is 11.7. The minimum absolute atomic E-state index is 0.924. The average Bonchev–Trinajstić information content (AvgIpc) is 2.63. The lowest BCUT2D eigenvalue weighted by Gasteiger charge is -2.03. The minimum atomic E-state index is 0.924. The summed E-state index contributed by atoms with van der Waals surface area (Å²) in [5.74, 6) is 0. The van der Waals surface area contributed by atoms with Crippen LogP contribution in [0, 0.1) is 6.92 Å². The molecule has 3 nitrogen and oxygen atoms in total. The van der Waals surface area contributed by atoms with E-state index in [4.69, 9.17) is 0 Å². The van der Waals surface area contributed by atoms with Crippen molar-refractivity contribution in [2.75, 3.05) is 0 Å². The second-order valence-electron chi connectivity index (χ2n) is 4.36. The third-order valence-corrected chi connectivity index (χ3v) is 3.62. The van der Waals surface area contributed by atoms with Crippen molar-refractivity contribution < 1.29 is 0 Å². The SMILES string of the molecule is CC(C)=N/N=c1\sc(C)c(-c2ccccc2)n1C. The first-order chi connectivity index (χ1) is 8.59. The molecule has 0 fully saturated rings. The Balaban J connectivity index is 2.59. The summed E-state index contributed by atoms with van der Waals surface area (Å²) in [5.41, 5.74) is 3.39. The fourth-order valence-electron chi connectivity index (χ4n) is 1.81. The van der Waals surface area contributed by atoms with Crippen LogP contribution >= 0.6 is 11.3 Å². The van der Waals surface area contributed by atoms with Crippen LogP contribution in [0.25, 0.3) is 11.3 Å². The Kier molecular flexibility index (Phi) is 3.77. The summed E-state index contributed by atoms with van der Waals surface area (Å²) in [5, 5.41) is 8.42. The molecular formula is C14H17N3S. The molecule has 0 aliphatic carbocycles. The van der Waals surface area contributed by atoms with Gasteiger partial charge < -0.3 is 4.57 Å². The van der Waals surface area contributed by atoms with E-state index in [9.17, 15) is 0 Å². The molecule has 4 heteroatoms. The molecule has 94 valence electrons. The van der Waals surface area contributed by atoms with Crippen molar-refractivity contribution in [2.24, 2.45) is 17.3 Å². The fraction of sp³-hybridized carbons (Fsp3) is 0.286. The van der Waals surface area contributed by atoms with Crippen LogP contribution in [0.5, 0.6) is 0 Å². The van der Waals surface area contributed by atoms with E-state index < -0.39 is 0 Å². The van der Waals surface area contributed by atoms with Crippen LogP contribution in [-0.4, -0.2) is 10.3 Å². The van der Waals surface area contributed by atoms with Gasteiger partial charge in [0.05, 0.1) is 5.69 Å². The van der Waals surface area contributed by atoms with Gasteiger partial charge in [0.2, 0.25) is 4.80 Å². The zero-order valence-corrected chi connectivity index (χ0v) is 12.0. The van der Waals surface area contributed by atoms with Crippen LogP contribution in [0.3, 0.4) is 0 Å². The lowest BCUT2D eigenvalue weighted by atomic mass is 10.1. The average molecular weight is 259 g/mol. The molecule has 0 saturated carbocycles. The van der Waals surface area contributed by atoms with Gasteiger partial charge in [-0.05, 0) is 26.3 Å². The summed E-state index contributed by atoms with van der Waals surface area (Å²) >= 11 is 1.67. The number of rotatable bonds is 2. The highest BCUT2D eigenvalue weighted by Gasteiger charge is 2.09. The summed E-state index contributed by atoms with van der Waals surface area (Å²) in [6.07, 6.45) is 0. The number of hydrogen-bond donors (Lipinski definition) is 0. The van der Waals surface area contributed by atoms with Crippen LogP contribution in [0.2, 0.25) is 0 Å². The predicted molar refractivity (Wildman–Crippen MR) is 77.8 cm³/mol. The second kappa shape index (κ2) is 5.31. The van der Waals surface area contributed by atoms with Gasteiger partial charge in [0.25, 0.3) is 0 Å². The molecule has 1 aromatic heterocycles. The first kappa shape index (κ1) is 12.8. The lowest BCUT2D eigenvalue weighted by molar-refractivity contribution is 0.860. The number of aromatic nitrogens is 1. The molecular weight excluding hydrogens is 242 g/mol. The second-order valence-corrected chi connectivity index (χ2v) is 5.54. The molecule has 1 aromatic carbocycles. The molecule has 0 atom stereocenters. The molecule has 18 heavy (non-hydrogen) atoms. The van der Waals surface area contributed by atoms with E-state index in [0.29, 0.717) is 0 Å². The lowest BCUT2D eigenvalue weighted by Crippen LogP contribution is -2.10. The maximum absolute atomic E-state index is 4.28. The summed E-state index contributed by atoms with van der Waals surface area (Å²) in [4.78, 5) is 2.18. The fourth-order valence-corrected chi connectivity index (χ4v) is 2.74. The monoisotopic (exact) mass is 259 g/mol. The van der Waals surface area contributed by atoms with Crippen LogP contribution in [0.4, 0.5) is 0 Å². The summed E-state index contributed by atoms with van der Waals surface area (Å²) in [6, 6.07) is 10.4. The molecule has 0 bridgehead atoms. The first-order valence-corrected chi connectivity index (χ1v) is 6.68. The molecule has 0 radical (unpaired) electrons. The van der Waals surface area contributed by atoms with Gasteiger partial charge in [0.1, 0.15) is 0 Å². The van der Waals surface area contributed by atoms with Gasteiger partial charge >= 0.3 is 0 Å². The Morgan fingerprint density at radius 3 is 2.44 bits per heavy atom. The third-order valence-electron chi connectivity index (χ3n) is 2.58. The van der Waals surface area contributed by atoms with E-state index in [0.717, 1.165) is 10.5 Å². The van der Waals surface area contributed by atoms with Crippen LogP contribution in [-0.2, 0) is 7.05 Å². The van der Waals surface area contributed by atoms with Crippen LogP contribution < -0.4 is 4.80 Å². The molecule has 2 aromatic rings. The van der Waals surface area contributed by atoms with Crippen LogP contribution in [0.15, 0.2) is 40.5 Å². The van der Waals surface area contributed by atoms with Gasteiger partial charge in [-0.2, -0.15) is 5.10 Å². The topological polar surface area (TPSA) is 29.6 Å². The Morgan fingerprint density at radius 1 is 1.17 bits per heavy atom. The van der Waals surface area contributed by atoms with E-state index in [1.165, 1.54) is 16.1 Å². The van der Waals surface area contributed by atoms with Gasteiger partial charge in [-0.15, -0.1) is 5.10 Å². The van der Waals surface area contributed by atoms with Gasteiger partial charge in [0, 0.05) is 17.6 Å². The molecule has 0 unspecified atom stereocenters. The Bertz CT molecular complexity index is 629. The Hall–Kier alpha value is -1.68. The third kappa shape index (κ3) is 2.59. The Labute approximate surface area is 111 Å². The van der Waals surface area contributed by atoms with Gasteiger partial charge in [-0.3, -0.25) is 0 Å². The predicted octanol–water partition coefficient (Wildman–Crippen LogP) is 3.36. The molecule has 0 aliphatic rings.